The fourth-order valence-corrected chi connectivity index (χ4v) is 5.07. The van der Waals surface area contributed by atoms with E-state index in [-0.39, 0.29) is 23.3 Å². The van der Waals surface area contributed by atoms with Gasteiger partial charge in [-0.2, -0.15) is 5.26 Å². The number of methoxy groups -OCH3 is 1. The molecule has 0 spiro atoms. The summed E-state index contributed by atoms with van der Waals surface area (Å²) in [7, 11) is -1.49. The summed E-state index contributed by atoms with van der Waals surface area (Å²) in [5.41, 5.74) is 1.28. The van der Waals surface area contributed by atoms with Crippen LogP contribution in [0.2, 0.25) is 0 Å². The van der Waals surface area contributed by atoms with Gasteiger partial charge in [-0.3, -0.25) is 4.79 Å². The molecule has 0 aliphatic carbocycles. The first-order valence-electron chi connectivity index (χ1n) is 7.97. The number of rotatable bonds is 4. The maximum absolute atomic E-state index is 12.3. The number of carbonyl (C=O) groups excluding carboxylic acids is 1. The van der Waals surface area contributed by atoms with Crippen LogP contribution in [0.1, 0.15) is 18.4 Å². The average Bonchev–Trinajstić information content (AvgIpc) is 3.09. The molecule has 1 aromatic heterocycles. The zero-order valence-corrected chi connectivity index (χ0v) is 15.7. The number of carbonyl (C=O) groups is 1. The number of nitrogens with zero attached hydrogens (tertiary/aromatic N) is 2. The van der Waals surface area contributed by atoms with Crippen molar-refractivity contribution >= 4 is 32.2 Å². The summed E-state index contributed by atoms with van der Waals surface area (Å²) in [5, 5.41) is 12.3. The Balaban J connectivity index is 1.70. The Hall–Kier alpha value is -2.44. The number of hydrogen-bond acceptors (Lipinski definition) is 7. The van der Waals surface area contributed by atoms with Crippen molar-refractivity contribution in [3.05, 3.63) is 30.0 Å². The number of benzene rings is 1. The van der Waals surface area contributed by atoms with Gasteiger partial charge in [0.25, 0.3) is 0 Å². The Bertz CT molecular complexity index is 962. The third kappa shape index (κ3) is 4.03. The minimum absolute atomic E-state index is 0.0548. The third-order valence-electron chi connectivity index (χ3n) is 4.27. The van der Waals surface area contributed by atoms with Crippen molar-refractivity contribution < 1.29 is 17.9 Å². The second-order valence-corrected chi connectivity index (χ2v) is 9.31. The van der Waals surface area contributed by atoms with Gasteiger partial charge in [0, 0.05) is 12.1 Å². The van der Waals surface area contributed by atoms with Crippen LogP contribution in [0, 0.1) is 17.2 Å². The van der Waals surface area contributed by atoms with Crippen molar-refractivity contribution in [3.8, 4) is 22.3 Å². The summed E-state index contributed by atoms with van der Waals surface area (Å²) < 4.78 is 28.1. The van der Waals surface area contributed by atoms with E-state index in [9.17, 15) is 13.2 Å². The second kappa shape index (κ2) is 7.43. The smallest absolute Gasteiger partial charge is 0.229 e. The van der Waals surface area contributed by atoms with Gasteiger partial charge in [0.15, 0.2) is 5.13 Å². The molecule has 9 heteroatoms. The monoisotopic (exact) mass is 391 g/mol. The molecule has 1 aliphatic heterocycles. The molecule has 1 fully saturated rings. The van der Waals surface area contributed by atoms with Crippen molar-refractivity contribution in [1.82, 2.24) is 4.98 Å². The van der Waals surface area contributed by atoms with Crippen LogP contribution in [0.3, 0.4) is 0 Å². The van der Waals surface area contributed by atoms with E-state index in [1.54, 1.807) is 24.4 Å². The molecule has 3 rings (SSSR count). The minimum Gasteiger partial charge on any atom is -0.495 e. The van der Waals surface area contributed by atoms with Crippen molar-refractivity contribution in [1.29, 1.82) is 5.26 Å². The van der Waals surface area contributed by atoms with Gasteiger partial charge in [-0.25, -0.2) is 13.4 Å². The van der Waals surface area contributed by atoms with Gasteiger partial charge in [0.2, 0.25) is 5.91 Å². The van der Waals surface area contributed by atoms with Gasteiger partial charge < -0.3 is 10.1 Å². The Labute approximate surface area is 155 Å². The lowest BCUT2D eigenvalue weighted by atomic mass is 10.0. The standard InChI is InChI=1S/C17H17N3O4S2/c1-24-14-8-12(2-3-13(14)9-18)15-10-19-17(25-15)20-16(21)11-4-6-26(22,23)7-5-11/h2-3,8,10-11H,4-7H2,1H3,(H,19,20,21). The lowest BCUT2D eigenvalue weighted by Gasteiger charge is -2.20. The largest absolute Gasteiger partial charge is 0.495 e. The van der Waals surface area contributed by atoms with Crippen molar-refractivity contribution in [3.63, 3.8) is 0 Å². The van der Waals surface area contributed by atoms with Crippen LogP contribution < -0.4 is 10.1 Å². The molecule has 26 heavy (non-hydrogen) atoms. The molecule has 0 atom stereocenters. The molecular formula is C17H17N3O4S2. The number of nitriles is 1. The number of anilines is 1. The first kappa shape index (κ1) is 18.4. The van der Waals surface area contributed by atoms with E-state index in [0.29, 0.717) is 29.3 Å². The molecule has 2 heterocycles. The van der Waals surface area contributed by atoms with Gasteiger partial charge >= 0.3 is 0 Å². The van der Waals surface area contributed by atoms with E-state index in [0.717, 1.165) is 10.4 Å². The molecule has 136 valence electrons. The quantitative estimate of drug-likeness (QED) is 0.857. The summed E-state index contributed by atoms with van der Waals surface area (Å²) in [5.74, 6) is 0.0878. The van der Waals surface area contributed by atoms with Crippen LogP contribution in [0.15, 0.2) is 24.4 Å². The molecule has 7 nitrogen and oxygen atoms in total. The lowest BCUT2D eigenvalue weighted by Crippen LogP contribution is -2.31. The number of nitrogens with one attached hydrogen (secondary N) is 1. The first-order valence-corrected chi connectivity index (χ1v) is 10.6. The summed E-state index contributed by atoms with van der Waals surface area (Å²) >= 11 is 1.31. The molecule has 0 saturated carbocycles. The molecule has 1 N–H and O–H groups in total. The Morgan fingerprint density at radius 1 is 1.38 bits per heavy atom. The highest BCUT2D eigenvalue weighted by Crippen LogP contribution is 2.33. The van der Waals surface area contributed by atoms with Crippen LogP contribution in [-0.2, 0) is 14.6 Å². The van der Waals surface area contributed by atoms with E-state index in [4.69, 9.17) is 10.00 Å². The zero-order chi connectivity index (χ0) is 18.7. The van der Waals surface area contributed by atoms with Crippen LogP contribution in [0.5, 0.6) is 5.75 Å². The van der Waals surface area contributed by atoms with Crippen LogP contribution in [-0.4, -0.2) is 37.9 Å². The summed E-state index contributed by atoms with van der Waals surface area (Å²) in [6.45, 7) is 0. The van der Waals surface area contributed by atoms with E-state index in [1.807, 2.05) is 0 Å². The number of aromatic nitrogens is 1. The predicted octanol–water partition coefficient (Wildman–Crippen LogP) is 2.45. The number of hydrogen-bond donors (Lipinski definition) is 1. The van der Waals surface area contributed by atoms with Crippen molar-refractivity contribution in [2.75, 3.05) is 23.9 Å². The highest BCUT2D eigenvalue weighted by atomic mass is 32.2. The Kier molecular flexibility index (Phi) is 5.25. The fraction of sp³-hybridized carbons (Fsp3) is 0.353. The summed E-state index contributed by atoms with van der Waals surface area (Å²) in [6, 6.07) is 7.29. The van der Waals surface area contributed by atoms with E-state index in [1.165, 1.54) is 18.4 Å². The van der Waals surface area contributed by atoms with Crippen LogP contribution >= 0.6 is 11.3 Å². The highest BCUT2D eigenvalue weighted by molar-refractivity contribution is 7.91. The normalized spacial score (nSPS) is 16.6. The van der Waals surface area contributed by atoms with Gasteiger partial charge in [-0.15, -0.1) is 0 Å². The molecule has 1 aliphatic rings. The molecule has 0 bridgehead atoms. The van der Waals surface area contributed by atoms with Gasteiger partial charge in [-0.05, 0) is 30.5 Å². The van der Waals surface area contributed by atoms with E-state index < -0.39 is 9.84 Å². The molecule has 1 aromatic carbocycles. The maximum atomic E-state index is 12.3. The molecule has 1 saturated heterocycles. The van der Waals surface area contributed by atoms with Crippen molar-refractivity contribution in [2.45, 2.75) is 12.8 Å². The topological polar surface area (TPSA) is 109 Å². The SMILES string of the molecule is COc1cc(-c2cnc(NC(=O)C3CCS(=O)(=O)CC3)s2)ccc1C#N. The van der Waals surface area contributed by atoms with Crippen LogP contribution in [0.4, 0.5) is 5.13 Å². The molecule has 0 unspecified atom stereocenters. The second-order valence-electron chi connectivity index (χ2n) is 5.97. The highest BCUT2D eigenvalue weighted by Gasteiger charge is 2.28. The number of thiazole rings is 1. The average molecular weight is 391 g/mol. The molecular weight excluding hydrogens is 374 g/mol. The maximum Gasteiger partial charge on any atom is 0.229 e. The number of sulfone groups is 1. The summed E-state index contributed by atoms with van der Waals surface area (Å²) in [6.07, 6.45) is 2.34. The van der Waals surface area contributed by atoms with Gasteiger partial charge in [0.05, 0.1) is 29.1 Å². The Morgan fingerprint density at radius 3 is 2.77 bits per heavy atom. The number of amides is 1. The minimum atomic E-state index is -2.99. The van der Waals surface area contributed by atoms with Gasteiger partial charge in [-0.1, -0.05) is 17.4 Å². The molecule has 2 aromatic rings. The van der Waals surface area contributed by atoms with E-state index >= 15 is 0 Å². The first-order chi connectivity index (χ1) is 12.4. The lowest BCUT2D eigenvalue weighted by molar-refractivity contribution is -0.120. The molecule has 0 radical (unpaired) electrons. The molecule has 1 amide bonds. The van der Waals surface area contributed by atoms with Crippen LogP contribution in [0.25, 0.3) is 10.4 Å². The Morgan fingerprint density at radius 2 is 2.12 bits per heavy atom. The zero-order valence-electron chi connectivity index (χ0n) is 14.1. The van der Waals surface area contributed by atoms with Crippen molar-refractivity contribution in [2.24, 2.45) is 5.92 Å². The predicted molar refractivity (Wildman–Crippen MR) is 98.8 cm³/mol. The fourth-order valence-electron chi connectivity index (χ4n) is 2.76. The van der Waals surface area contributed by atoms with E-state index in [2.05, 4.69) is 16.4 Å². The number of ether oxygens (including phenoxy) is 1. The van der Waals surface area contributed by atoms with Gasteiger partial charge in [0.1, 0.15) is 21.7 Å². The third-order valence-corrected chi connectivity index (χ3v) is 6.95. The summed E-state index contributed by atoms with van der Waals surface area (Å²) in [4.78, 5) is 17.4.